The predicted molar refractivity (Wildman–Crippen MR) is 161 cm³/mol. The van der Waals surface area contributed by atoms with Gasteiger partial charge < -0.3 is 29.5 Å². The second-order valence-electron chi connectivity index (χ2n) is 12.3. The van der Waals surface area contributed by atoms with E-state index in [-0.39, 0.29) is 43.8 Å². The average molecular weight is 621 g/mol. The third-order valence-electron chi connectivity index (χ3n) is 6.94. The van der Waals surface area contributed by atoms with Crippen LogP contribution in [0.25, 0.3) is 0 Å². The van der Waals surface area contributed by atoms with Gasteiger partial charge in [0, 0.05) is 45.5 Å². The highest BCUT2D eigenvalue weighted by atomic mass is 19.4. The van der Waals surface area contributed by atoms with Crippen molar-refractivity contribution >= 4 is 23.8 Å². The molecule has 0 spiro atoms. The number of fused-ring (bicyclic) bond motifs is 1. The fourth-order valence-electron chi connectivity index (χ4n) is 4.68. The number of carbonyl (C=O) groups is 3. The molecule has 1 N–H and O–H groups in total. The Hall–Kier alpha value is -3.96. The van der Waals surface area contributed by atoms with Crippen molar-refractivity contribution in [3.63, 3.8) is 0 Å². The number of amides is 3. The largest absolute Gasteiger partial charge is 0.449 e. The number of anilines is 1. The summed E-state index contributed by atoms with van der Waals surface area (Å²) in [5.41, 5.74) is 1.01. The first-order valence-electron chi connectivity index (χ1n) is 14.7. The Kier molecular flexibility index (Phi) is 11.5. The van der Waals surface area contributed by atoms with Crippen LogP contribution in [0.1, 0.15) is 56.9 Å². The second kappa shape index (κ2) is 14.7. The summed E-state index contributed by atoms with van der Waals surface area (Å²) in [6.07, 6.45) is -5.01. The molecule has 0 atom stereocenters. The number of hydrogen-bond acceptors (Lipinski definition) is 6. The molecule has 12 heteroatoms. The fourth-order valence-corrected chi connectivity index (χ4v) is 4.68. The van der Waals surface area contributed by atoms with Crippen LogP contribution in [0.15, 0.2) is 42.5 Å². The van der Waals surface area contributed by atoms with Gasteiger partial charge in [-0.3, -0.25) is 4.79 Å². The van der Waals surface area contributed by atoms with E-state index in [1.807, 2.05) is 32.0 Å². The minimum absolute atomic E-state index is 0.0111. The van der Waals surface area contributed by atoms with E-state index in [1.54, 1.807) is 25.7 Å². The van der Waals surface area contributed by atoms with E-state index in [0.29, 0.717) is 31.8 Å². The van der Waals surface area contributed by atoms with E-state index in [9.17, 15) is 27.6 Å². The topological polar surface area (TPSA) is 91.4 Å². The number of hydrogen-bond donors (Lipinski definition) is 1. The maximum Gasteiger partial charge on any atom is 0.416 e. The molecule has 242 valence electrons. The Morgan fingerprint density at radius 1 is 1.02 bits per heavy atom. The number of ether oxygens (including phenoxy) is 2. The SMILES string of the molecule is CC(C)COC(=O)N1CCc2c(cccc2NCC(=O)N(CCN(C)C(=O)OC(C)(C)C)Cc2ccccc2C(F)(F)F)C1. The van der Waals surface area contributed by atoms with Gasteiger partial charge in [-0.15, -0.1) is 0 Å². The zero-order valence-corrected chi connectivity index (χ0v) is 26.3. The molecule has 0 saturated carbocycles. The van der Waals surface area contributed by atoms with Gasteiger partial charge in [-0.2, -0.15) is 13.2 Å². The van der Waals surface area contributed by atoms with Crippen LogP contribution >= 0.6 is 0 Å². The van der Waals surface area contributed by atoms with Gasteiger partial charge >= 0.3 is 18.4 Å². The molecule has 3 rings (SSSR count). The van der Waals surface area contributed by atoms with E-state index >= 15 is 0 Å². The average Bonchev–Trinajstić information content (AvgIpc) is 2.94. The van der Waals surface area contributed by atoms with Crippen LogP contribution in [0.2, 0.25) is 0 Å². The van der Waals surface area contributed by atoms with Crippen molar-refractivity contribution in [2.45, 2.75) is 65.9 Å². The quantitative estimate of drug-likeness (QED) is 0.342. The number of likely N-dealkylation sites (N-methyl/N-ethyl adjacent to an activating group) is 1. The Morgan fingerprint density at radius 2 is 1.73 bits per heavy atom. The maximum absolute atomic E-state index is 13.7. The minimum atomic E-state index is -4.59. The van der Waals surface area contributed by atoms with Crippen LogP contribution in [-0.4, -0.2) is 78.2 Å². The number of rotatable bonds is 10. The van der Waals surface area contributed by atoms with Gasteiger partial charge in [-0.1, -0.05) is 44.2 Å². The summed E-state index contributed by atoms with van der Waals surface area (Å²) >= 11 is 0. The van der Waals surface area contributed by atoms with Gasteiger partial charge in [0.2, 0.25) is 5.91 Å². The molecule has 0 saturated heterocycles. The molecular weight excluding hydrogens is 577 g/mol. The molecule has 1 aliphatic heterocycles. The zero-order chi connectivity index (χ0) is 32.7. The molecule has 0 aliphatic carbocycles. The first-order valence-corrected chi connectivity index (χ1v) is 14.7. The van der Waals surface area contributed by atoms with Gasteiger partial charge in [0.25, 0.3) is 0 Å². The van der Waals surface area contributed by atoms with E-state index in [1.165, 1.54) is 35.0 Å². The highest BCUT2D eigenvalue weighted by Crippen LogP contribution is 2.32. The van der Waals surface area contributed by atoms with E-state index < -0.39 is 29.3 Å². The van der Waals surface area contributed by atoms with Crippen LogP contribution in [0.3, 0.4) is 0 Å². The summed E-state index contributed by atoms with van der Waals surface area (Å²) in [4.78, 5) is 42.7. The number of benzene rings is 2. The molecule has 0 fully saturated rings. The van der Waals surface area contributed by atoms with Crippen molar-refractivity contribution in [3.8, 4) is 0 Å². The maximum atomic E-state index is 13.7. The molecule has 0 radical (unpaired) electrons. The van der Waals surface area contributed by atoms with Gasteiger partial charge in [-0.25, -0.2) is 9.59 Å². The lowest BCUT2D eigenvalue weighted by Crippen LogP contribution is -2.43. The van der Waals surface area contributed by atoms with Crippen LogP contribution < -0.4 is 5.32 Å². The van der Waals surface area contributed by atoms with E-state index in [2.05, 4.69) is 5.32 Å². The smallest absolute Gasteiger partial charge is 0.416 e. The lowest BCUT2D eigenvalue weighted by atomic mass is 9.98. The molecule has 0 bridgehead atoms. The Labute approximate surface area is 257 Å². The zero-order valence-electron chi connectivity index (χ0n) is 26.3. The molecule has 1 heterocycles. The normalized spacial score (nSPS) is 13.3. The Balaban J connectivity index is 1.74. The number of nitrogens with zero attached hydrogens (tertiary/aromatic N) is 3. The van der Waals surface area contributed by atoms with Crippen molar-refractivity contribution in [2.75, 3.05) is 45.2 Å². The summed E-state index contributed by atoms with van der Waals surface area (Å²) in [5, 5.41) is 3.16. The standard InChI is InChI=1S/C32H43F3N4O5/c1-22(2)21-43-30(42)39-15-14-25-23(19-39)11-9-13-27(25)36-18-28(40)38(17-16-37(6)29(41)44-31(3,4)5)20-24-10-7-8-12-26(24)32(33,34)35/h7-13,22,36H,14-21H2,1-6H3. The molecule has 0 aromatic heterocycles. The van der Waals surface area contributed by atoms with Crippen LogP contribution in [0.4, 0.5) is 28.4 Å². The van der Waals surface area contributed by atoms with Crippen LogP contribution in [-0.2, 0) is 40.0 Å². The number of nitrogens with one attached hydrogen (secondary N) is 1. The number of alkyl halides is 3. The van der Waals surface area contributed by atoms with Gasteiger partial charge in [0.1, 0.15) is 5.60 Å². The van der Waals surface area contributed by atoms with Gasteiger partial charge in [0.15, 0.2) is 0 Å². The van der Waals surface area contributed by atoms with Crippen LogP contribution in [0, 0.1) is 5.92 Å². The molecule has 2 aromatic carbocycles. The lowest BCUT2D eigenvalue weighted by molar-refractivity contribution is -0.139. The molecule has 44 heavy (non-hydrogen) atoms. The first kappa shape index (κ1) is 34.5. The monoisotopic (exact) mass is 620 g/mol. The van der Waals surface area contributed by atoms with Gasteiger partial charge in [-0.05, 0) is 61.9 Å². The van der Waals surface area contributed by atoms with E-state index in [4.69, 9.17) is 9.47 Å². The van der Waals surface area contributed by atoms with Crippen molar-refractivity contribution in [2.24, 2.45) is 5.92 Å². The molecule has 0 unspecified atom stereocenters. The predicted octanol–water partition coefficient (Wildman–Crippen LogP) is 6.16. The van der Waals surface area contributed by atoms with Crippen molar-refractivity contribution in [1.82, 2.24) is 14.7 Å². The Morgan fingerprint density at radius 3 is 2.39 bits per heavy atom. The fraction of sp³-hybridized carbons (Fsp3) is 0.531. The molecule has 9 nitrogen and oxygen atoms in total. The minimum Gasteiger partial charge on any atom is -0.449 e. The van der Waals surface area contributed by atoms with Crippen molar-refractivity contribution < 1.29 is 37.0 Å². The summed E-state index contributed by atoms with van der Waals surface area (Å²) in [6, 6.07) is 10.7. The summed E-state index contributed by atoms with van der Waals surface area (Å²) < 4.78 is 52.0. The van der Waals surface area contributed by atoms with Crippen LogP contribution in [0.5, 0.6) is 0 Å². The summed E-state index contributed by atoms with van der Waals surface area (Å²) in [5.74, 6) is -0.213. The molecule has 2 aromatic rings. The third-order valence-corrected chi connectivity index (χ3v) is 6.94. The highest BCUT2D eigenvalue weighted by Gasteiger charge is 2.34. The van der Waals surface area contributed by atoms with Crippen molar-refractivity contribution in [1.29, 1.82) is 0 Å². The third kappa shape index (κ3) is 10.1. The summed E-state index contributed by atoms with van der Waals surface area (Å²) in [6.45, 7) is 9.85. The van der Waals surface area contributed by atoms with E-state index in [0.717, 1.165) is 17.2 Å². The molecule has 1 aliphatic rings. The second-order valence-corrected chi connectivity index (χ2v) is 12.3. The van der Waals surface area contributed by atoms with Gasteiger partial charge in [0.05, 0.1) is 18.7 Å². The Bertz CT molecular complexity index is 1310. The highest BCUT2D eigenvalue weighted by molar-refractivity contribution is 5.81. The molecule has 3 amide bonds. The van der Waals surface area contributed by atoms with Crippen molar-refractivity contribution in [3.05, 3.63) is 64.7 Å². The molecular formula is C32H43F3N4O5. The lowest BCUT2D eigenvalue weighted by Gasteiger charge is -2.30. The first-order chi connectivity index (χ1) is 20.5. The summed E-state index contributed by atoms with van der Waals surface area (Å²) in [7, 11) is 1.51. The number of carbonyl (C=O) groups excluding carboxylic acids is 3. The number of halogens is 3.